The van der Waals surface area contributed by atoms with Gasteiger partial charge < -0.3 is 15.1 Å². The molecule has 3 heterocycles. The molecule has 0 bridgehead atoms. The van der Waals surface area contributed by atoms with Crippen molar-refractivity contribution in [3.63, 3.8) is 0 Å². The van der Waals surface area contributed by atoms with Gasteiger partial charge in [0.25, 0.3) is 0 Å². The molecule has 0 spiro atoms. The Morgan fingerprint density at radius 1 is 1.25 bits per heavy atom. The van der Waals surface area contributed by atoms with Crippen molar-refractivity contribution < 1.29 is 18.0 Å². The van der Waals surface area contributed by atoms with E-state index in [1.54, 1.807) is 11.1 Å². The zero-order valence-electron chi connectivity index (χ0n) is 16.5. The Balaban J connectivity index is 1.34. The van der Waals surface area contributed by atoms with E-state index in [0.717, 1.165) is 33.8 Å². The summed E-state index contributed by atoms with van der Waals surface area (Å²) in [4.78, 5) is 14.2. The second kappa shape index (κ2) is 7.72. The number of hydrogen-bond acceptors (Lipinski definition) is 6. The number of aryl methyl sites for hydroxylation is 1. The summed E-state index contributed by atoms with van der Waals surface area (Å²) in [6.45, 7) is 2.49. The van der Waals surface area contributed by atoms with E-state index in [2.05, 4.69) is 19.7 Å². The predicted molar refractivity (Wildman–Crippen MR) is 118 cm³/mol. The summed E-state index contributed by atoms with van der Waals surface area (Å²) < 4.78 is 43.3. The van der Waals surface area contributed by atoms with Crippen LogP contribution in [-0.2, 0) is 12.7 Å². The number of benzene rings is 2. The van der Waals surface area contributed by atoms with E-state index < -0.39 is 11.7 Å². The number of alkyl halides is 3. The average molecular weight is 478 g/mol. The first-order valence-electron chi connectivity index (χ1n) is 9.47. The van der Waals surface area contributed by atoms with Crippen molar-refractivity contribution in [2.75, 3.05) is 5.32 Å². The highest BCUT2D eigenvalue weighted by Crippen LogP contribution is 2.35. The van der Waals surface area contributed by atoms with Gasteiger partial charge in [-0.15, -0.1) is 0 Å². The first-order valence-corrected chi connectivity index (χ1v) is 10.6. The third-order valence-electron chi connectivity index (χ3n) is 4.94. The van der Waals surface area contributed by atoms with Crippen molar-refractivity contribution in [1.29, 1.82) is 0 Å². The Labute approximate surface area is 189 Å². The van der Waals surface area contributed by atoms with E-state index >= 15 is 0 Å². The third-order valence-corrected chi connectivity index (χ3v) is 6.04. The predicted octanol–water partition coefficient (Wildman–Crippen LogP) is 6.52. The van der Waals surface area contributed by atoms with E-state index in [9.17, 15) is 13.2 Å². The van der Waals surface area contributed by atoms with Gasteiger partial charge in [-0.2, -0.15) is 13.2 Å². The van der Waals surface area contributed by atoms with E-state index in [1.165, 1.54) is 11.5 Å². The third kappa shape index (κ3) is 3.98. The number of imidazole rings is 1. The van der Waals surface area contributed by atoms with Gasteiger partial charge in [0.15, 0.2) is 5.75 Å². The number of hydroxylamine groups is 2. The number of halogens is 4. The highest BCUT2D eigenvalue weighted by molar-refractivity contribution is 7.06. The van der Waals surface area contributed by atoms with E-state index in [1.807, 2.05) is 37.5 Å². The molecule has 0 radical (unpaired) electrons. The van der Waals surface area contributed by atoms with Crippen LogP contribution in [0.25, 0.3) is 17.1 Å². The monoisotopic (exact) mass is 477 g/mol. The van der Waals surface area contributed by atoms with Crippen molar-refractivity contribution >= 4 is 51.9 Å². The summed E-state index contributed by atoms with van der Waals surface area (Å²) in [7, 11) is 0. The Kier molecular flexibility index (Phi) is 4.98. The van der Waals surface area contributed by atoms with Crippen LogP contribution in [0, 0.1) is 6.92 Å². The van der Waals surface area contributed by atoms with Crippen LogP contribution in [-0.4, -0.2) is 19.4 Å². The van der Waals surface area contributed by atoms with Crippen LogP contribution < -0.4 is 10.2 Å². The van der Waals surface area contributed by atoms with Crippen molar-refractivity contribution in [3.8, 4) is 5.75 Å². The minimum atomic E-state index is -4.50. The Morgan fingerprint density at radius 2 is 2.09 bits per heavy atom. The van der Waals surface area contributed by atoms with Crippen LogP contribution >= 0.6 is 23.1 Å². The van der Waals surface area contributed by atoms with Crippen LogP contribution in [0.2, 0.25) is 5.02 Å². The molecule has 0 amide bonds. The summed E-state index contributed by atoms with van der Waals surface area (Å²) in [5, 5.41) is 4.76. The second-order valence-electron chi connectivity index (χ2n) is 7.23. The van der Waals surface area contributed by atoms with Crippen LogP contribution in [0.1, 0.15) is 21.6 Å². The number of fused-ring (bicyclic) bond motifs is 2. The Hall–Kier alpha value is -3.24. The quantitative estimate of drug-likeness (QED) is 0.350. The van der Waals surface area contributed by atoms with Gasteiger partial charge in [0.1, 0.15) is 0 Å². The molecule has 164 valence electrons. The topological polar surface area (TPSA) is 66.1 Å². The molecule has 0 aliphatic carbocycles. The van der Waals surface area contributed by atoms with Gasteiger partial charge in [-0.05, 0) is 60.4 Å². The van der Waals surface area contributed by atoms with Crippen molar-refractivity contribution in [2.45, 2.75) is 19.6 Å². The highest BCUT2D eigenvalue weighted by Gasteiger charge is 2.31. The summed E-state index contributed by atoms with van der Waals surface area (Å²) in [5.74, 6) is 0.932. The van der Waals surface area contributed by atoms with Gasteiger partial charge in [-0.1, -0.05) is 11.6 Å². The lowest BCUT2D eigenvalue weighted by Crippen LogP contribution is -2.23. The molecular weight excluding hydrogens is 463 g/mol. The van der Waals surface area contributed by atoms with Gasteiger partial charge in [0, 0.05) is 23.6 Å². The van der Waals surface area contributed by atoms with E-state index in [-0.39, 0.29) is 16.5 Å². The number of aromatic amines is 1. The summed E-state index contributed by atoms with van der Waals surface area (Å²) in [6, 6.07) is 7.31. The fourth-order valence-electron chi connectivity index (χ4n) is 3.35. The molecule has 2 aromatic heterocycles. The molecule has 0 fully saturated rings. The highest BCUT2D eigenvalue weighted by atomic mass is 35.5. The molecule has 2 aromatic carbocycles. The zero-order chi connectivity index (χ0) is 22.5. The van der Waals surface area contributed by atoms with Crippen LogP contribution in [0.5, 0.6) is 5.75 Å². The Morgan fingerprint density at radius 3 is 2.88 bits per heavy atom. The van der Waals surface area contributed by atoms with Crippen LogP contribution in [0.4, 0.5) is 24.8 Å². The van der Waals surface area contributed by atoms with Gasteiger partial charge in [0.2, 0.25) is 5.95 Å². The minimum absolute atomic E-state index is 0.0468. The van der Waals surface area contributed by atoms with Gasteiger partial charge in [-0.25, -0.2) is 14.4 Å². The molecule has 32 heavy (non-hydrogen) atoms. The number of H-pyrrole nitrogens is 1. The molecule has 0 saturated carbocycles. The first-order chi connectivity index (χ1) is 15.3. The fraction of sp³-hybridized carbons (Fsp3) is 0.143. The SMILES string of the molecule is Cc1cc(ON2C=Cc3sncc3C2)ccc1Nc1nc2cc(C(F)(F)F)cc(Cl)c2[nH]1. The molecule has 0 atom stereocenters. The molecule has 2 N–H and O–H groups in total. The number of hydrogen-bond donors (Lipinski definition) is 2. The first kappa shape index (κ1) is 20.7. The lowest BCUT2D eigenvalue weighted by Gasteiger charge is -2.23. The molecule has 1 aliphatic rings. The largest absolute Gasteiger partial charge is 0.416 e. The molecule has 6 nitrogen and oxygen atoms in total. The zero-order valence-corrected chi connectivity index (χ0v) is 18.1. The van der Waals surface area contributed by atoms with Crippen molar-refractivity contribution in [1.82, 2.24) is 19.4 Å². The van der Waals surface area contributed by atoms with Crippen LogP contribution in [0.3, 0.4) is 0 Å². The lowest BCUT2D eigenvalue weighted by atomic mass is 10.2. The summed E-state index contributed by atoms with van der Waals surface area (Å²) in [6.07, 6.45) is 1.14. The number of nitrogens with one attached hydrogen (secondary N) is 2. The maximum absolute atomic E-state index is 13.0. The Bertz CT molecular complexity index is 1350. The number of aromatic nitrogens is 3. The summed E-state index contributed by atoms with van der Waals surface area (Å²) in [5.41, 5.74) is 2.31. The second-order valence-corrected chi connectivity index (χ2v) is 8.48. The van der Waals surface area contributed by atoms with Crippen molar-refractivity contribution in [2.24, 2.45) is 0 Å². The molecule has 0 saturated heterocycles. The van der Waals surface area contributed by atoms with Gasteiger partial charge in [-0.3, -0.25) is 0 Å². The van der Waals surface area contributed by atoms with Crippen LogP contribution in [0.15, 0.2) is 42.7 Å². The number of rotatable bonds is 4. The standard InChI is InChI=1S/C21H15ClF3N5OS/c1-11-6-14(31-30-5-4-18-12(10-30)9-26-32-18)2-3-16(11)27-20-28-17-8-13(21(23,24)25)7-15(22)19(17)29-20/h2-9H,10H2,1H3,(H2,27,28,29). The van der Waals surface area contributed by atoms with E-state index in [0.29, 0.717) is 17.8 Å². The molecule has 5 rings (SSSR count). The maximum Gasteiger partial charge on any atom is 0.416 e. The number of nitrogens with zero attached hydrogens (tertiary/aromatic N) is 3. The smallest absolute Gasteiger partial charge is 0.380 e. The van der Waals surface area contributed by atoms with Gasteiger partial charge in [0.05, 0.1) is 33.0 Å². The lowest BCUT2D eigenvalue weighted by molar-refractivity contribution is -0.137. The molecule has 1 aliphatic heterocycles. The fourth-order valence-corrected chi connectivity index (χ4v) is 4.26. The van der Waals surface area contributed by atoms with Gasteiger partial charge >= 0.3 is 6.18 Å². The molecule has 4 aromatic rings. The van der Waals surface area contributed by atoms with Crippen molar-refractivity contribution in [3.05, 3.63) is 69.3 Å². The molecular formula is C21H15ClF3N5OS. The minimum Gasteiger partial charge on any atom is -0.380 e. The maximum atomic E-state index is 13.0. The normalized spacial score (nSPS) is 13.5. The van der Waals surface area contributed by atoms with E-state index in [4.69, 9.17) is 16.4 Å². The average Bonchev–Trinajstić information content (AvgIpc) is 3.35. The molecule has 11 heteroatoms. The molecule has 0 unspecified atom stereocenters. The number of anilines is 2. The summed E-state index contributed by atoms with van der Waals surface area (Å²) >= 11 is 7.47.